The molecule has 0 bridgehead atoms. The summed E-state index contributed by atoms with van der Waals surface area (Å²) in [7, 11) is 0. The van der Waals surface area contributed by atoms with Crippen molar-refractivity contribution in [3.05, 3.63) is 29.3 Å². The van der Waals surface area contributed by atoms with Crippen LogP contribution in [0.25, 0.3) is 0 Å². The molecule has 0 aliphatic heterocycles. The molecule has 6 nitrogen and oxygen atoms in total. The third kappa shape index (κ3) is 7.37. The zero-order valence-electron chi connectivity index (χ0n) is 15.7. The van der Waals surface area contributed by atoms with Crippen molar-refractivity contribution >= 4 is 17.6 Å². The zero-order chi connectivity index (χ0) is 18.8. The Bertz CT molecular complexity index is 606. The van der Waals surface area contributed by atoms with Crippen LogP contribution < -0.4 is 10.2 Å². The number of carbonyl (C=O) groups is 2. The zero-order valence-corrected chi connectivity index (χ0v) is 15.7. The number of aryl methyl sites for hydroxylation is 2. The van der Waals surface area contributed by atoms with Gasteiger partial charge in [-0.1, -0.05) is 19.4 Å². The van der Waals surface area contributed by atoms with E-state index in [0.717, 1.165) is 17.5 Å². The average Bonchev–Trinajstić information content (AvgIpc) is 2.55. The molecule has 1 atom stereocenters. The number of ether oxygens (including phenoxy) is 2. The van der Waals surface area contributed by atoms with Crippen molar-refractivity contribution in [2.45, 2.75) is 47.5 Å². The number of benzene rings is 1. The van der Waals surface area contributed by atoms with Crippen molar-refractivity contribution in [1.29, 1.82) is 0 Å². The van der Waals surface area contributed by atoms with E-state index in [1.807, 2.05) is 39.0 Å². The molecule has 6 heteroatoms. The van der Waals surface area contributed by atoms with Gasteiger partial charge >= 0.3 is 5.97 Å². The highest BCUT2D eigenvalue weighted by molar-refractivity contribution is 6.01. The number of hydrogen-bond donors (Lipinski definition) is 1. The van der Waals surface area contributed by atoms with E-state index in [1.165, 1.54) is 0 Å². The topological polar surface area (TPSA) is 77.0 Å². The molecule has 0 unspecified atom stereocenters. The minimum absolute atomic E-state index is 0.141. The molecule has 0 heterocycles. The molecule has 1 aromatic carbocycles. The number of rotatable bonds is 9. The van der Waals surface area contributed by atoms with Crippen molar-refractivity contribution in [3.63, 3.8) is 0 Å². The number of carbonyl (C=O) groups excluding carboxylic acids is 2. The number of nitrogens with zero attached hydrogens (tertiary/aromatic N) is 1. The highest BCUT2D eigenvalue weighted by Crippen LogP contribution is 2.16. The molecular formula is C19H28N2O4. The summed E-state index contributed by atoms with van der Waals surface area (Å²) in [6.45, 7) is 9.57. The lowest BCUT2D eigenvalue weighted by Gasteiger charge is -2.14. The van der Waals surface area contributed by atoms with Gasteiger partial charge in [-0.3, -0.25) is 9.59 Å². The highest BCUT2D eigenvalue weighted by atomic mass is 16.5. The van der Waals surface area contributed by atoms with E-state index in [4.69, 9.17) is 9.47 Å². The number of nitrogens with one attached hydrogen (secondary N) is 1. The average molecular weight is 348 g/mol. The van der Waals surface area contributed by atoms with E-state index in [9.17, 15) is 9.59 Å². The second-order valence-electron chi connectivity index (χ2n) is 5.99. The summed E-state index contributed by atoms with van der Waals surface area (Å²) in [5.74, 6) is -0.488. The van der Waals surface area contributed by atoms with E-state index >= 15 is 0 Å². The van der Waals surface area contributed by atoms with Gasteiger partial charge in [-0.15, -0.1) is 0 Å². The van der Waals surface area contributed by atoms with Crippen LogP contribution in [-0.4, -0.2) is 30.8 Å². The first-order chi connectivity index (χ1) is 11.9. The van der Waals surface area contributed by atoms with E-state index in [0.29, 0.717) is 24.5 Å². The molecule has 0 aliphatic rings. The van der Waals surface area contributed by atoms with Crippen LogP contribution in [0, 0.1) is 19.8 Å². The molecule has 1 rings (SSSR count). The molecule has 0 saturated heterocycles. The Balaban J connectivity index is 2.59. The molecule has 1 aromatic rings. The predicted octanol–water partition coefficient (Wildman–Crippen LogP) is 3.15. The summed E-state index contributed by atoms with van der Waals surface area (Å²) in [6.07, 6.45) is 1.45. The Morgan fingerprint density at radius 3 is 2.36 bits per heavy atom. The Kier molecular flexibility index (Phi) is 8.67. The second kappa shape index (κ2) is 10.5. The smallest absolute Gasteiger partial charge is 0.314 e. The quantitative estimate of drug-likeness (QED) is 0.422. The van der Waals surface area contributed by atoms with Gasteiger partial charge in [0.25, 0.3) is 5.91 Å². The fourth-order valence-electron chi connectivity index (χ4n) is 2.45. The largest absolute Gasteiger partial charge is 0.484 e. The predicted molar refractivity (Wildman–Crippen MR) is 97.7 cm³/mol. The van der Waals surface area contributed by atoms with Crippen LogP contribution in [0.5, 0.6) is 5.75 Å². The first-order valence-corrected chi connectivity index (χ1v) is 8.58. The molecule has 25 heavy (non-hydrogen) atoms. The number of esters is 1. The maximum absolute atomic E-state index is 12.0. The number of amides is 1. The molecule has 0 fully saturated rings. The molecule has 0 aliphatic carbocycles. The van der Waals surface area contributed by atoms with Crippen LogP contribution >= 0.6 is 0 Å². The monoisotopic (exact) mass is 348 g/mol. The normalized spacial score (nSPS) is 12.4. The summed E-state index contributed by atoms with van der Waals surface area (Å²) >= 11 is 0. The minimum atomic E-state index is -0.439. The molecule has 0 spiro atoms. The van der Waals surface area contributed by atoms with Crippen molar-refractivity contribution in [3.8, 4) is 5.75 Å². The summed E-state index contributed by atoms with van der Waals surface area (Å²) in [4.78, 5) is 23.9. The summed E-state index contributed by atoms with van der Waals surface area (Å²) in [6, 6.07) is 5.77. The number of hydrogen-bond acceptors (Lipinski definition) is 5. The Morgan fingerprint density at radius 2 is 1.80 bits per heavy atom. The molecule has 0 radical (unpaired) electrons. The van der Waals surface area contributed by atoms with Crippen molar-refractivity contribution in [2.24, 2.45) is 11.0 Å². The van der Waals surface area contributed by atoms with Crippen LogP contribution in [0.1, 0.15) is 44.7 Å². The standard InChI is InChI=1S/C19H28N2O4/c1-6-8-17(19(23)24-7-2)15(5)20-21-18(22)12-25-16-10-13(3)9-14(4)11-16/h9-11,17H,6-8,12H2,1-5H3,(H,21,22)/b20-15+/t17-/m1/s1. The van der Waals surface area contributed by atoms with Crippen LogP contribution in [0.15, 0.2) is 23.3 Å². The minimum Gasteiger partial charge on any atom is -0.484 e. The van der Waals surface area contributed by atoms with Gasteiger partial charge in [0.15, 0.2) is 6.61 Å². The van der Waals surface area contributed by atoms with Crippen molar-refractivity contribution in [1.82, 2.24) is 5.43 Å². The Morgan fingerprint density at radius 1 is 1.16 bits per heavy atom. The van der Waals surface area contributed by atoms with Gasteiger partial charge in [-0.25, -0.2) is 5.43 Å². The molecule has 0 saturated carbocycles. The lowest BCUT2D eigenvalue weighted by Crippen LogP contribution is -2.30. The molecule has 1 N–H and O–H groups in total. The maximum atomic E-state index is 12.0. The summed E-state index contributed by atoms with van der Waals surface area (Å²) in [5.41, 5.74) is 5.10. The van der Waals surface area contributed by atoms with Crippen LogP contribution in [0.3, 0.4) is 0 Å². The van der Waals surface area contributed by atoms with Gasteiger partial charge in [0, 0.05) is 5.71 Å². The van der Waals surface area contributed by atoms with Gasteiger partial charge in [0.1, 0.15) is 5.75 Å². The fourth-order valence-corrected chi connectivity index (χ4v) is 2.45. The van der Waals surface area contributed by atoms with Gasteiger partial charge < -0.3 is 9.47 Å². The molecule has 1 amide bonds. The van der Waals surface area contributed by atoms with Gasteiger partial charge in [-0.2, -0.15) is 5.10 Å². The third-order valence-electron chi connectivity index (χ3n) is 3.57. The van der Waals surface area contributed by atoms with Crippen LogP contribution in [0.2, 0.25) is 0 Å². The molecular weight excluding hydrogens is 320 g/mol. The van der Waals surface area contributed by atoms with E-state index < -0.39 is 5.92 Å². The van der Waals surface area contributed by atoms with Crippen molar-refractivity contribution in [2.75, 3.05) is 13.2 Å². The first kappa shape index (κ1) is 20.7. The van der Waals surface area contributed by atoms with E-state index in [2.05, 4.69) is 10.5 Å². The van der Waals surface area contributed by atoms with Gasteiger partial charge in [0.2, 0.25) is 0 Å². The Labute approximate surface area is 149 Å². The maximum Gasteiger partial charge on any atom is 0.314 e. The molecule has 138 valence electrons. The highest BCUT2D eigenvalue weighted by Gasteiger charge is 2.22. The fraction of sp³-hybridized carbons (Fsp3) is 0.526. The van der Waals surface area contributed by atoms with Gasteiger partial charge in [0.05, 0.1) is 12.5 Å². The number of hydrazone groups is 1. The lowest BCUT2D eigenvalue weighted by molar-refractivity contribution is -0.145. The van der Waals surface area contributed by atoms with Crippen LogP contribution in [0.4, 0.5) is 0 Å². The molecule has 0 aromatic heterocycles. The van der Waals surface area contributed by atoms with E-state index in [-0.39, 0.29) is 18.5 Å². The van der Waals surface area contributed by atoms with E-state index in [1.54, 1.807) is 13.8 Å². The first-order valence-electron chi connectivity index (χ1n) is 8.58. The Hall–Kier alpha value is -2.37. The summed E-state index contributed by atoms with van der Waals surface area (Å²) in [5, 5.41) is 4.03. The van der Waals surface area contributed by atoms with Crippen molar-refractivity contribution < 1.29 is 19.1 Å². The second-order valence-corrected chi connectivity index (χ2v) is 5.99. The van der Waals surface area contributed by atoms with Gasteiger partial charge in [-0.05, 0) is 57.4 Å². The van der Waals surface area contributed by atoms with Crippen LogP contribution in [-0.2, 0) is 14.3 Å². The summed E-state index contributed by atoms with van der Waals surface area (Å²) < 4.78 is 10.5. The SMILES string of the molecule is CCC[C@@H](C(=O)OCC)/C(C)=N/NC(=O)COc1cc(C)cc(C)c1. The lowest BCUT2D eigenvalue weighted by atomic mass is 9.99. The third-order valence-corrected chi connectivity index (χ3v) is 3.57.